The van der Waals surface area contributed by atoms with E-state index in [1.165, 1.54) is 0 Å². The van der Waals surface area contributed by atoms with Crippen LogP contribution in [0.5, 0.6) is 5.75 Å². The number of alkyl halides is 2. The SMILES string of the molecule is CCC(C)(C)c1cc(/C(C)=C\CO)c(OCC(F)F)c(C(C)(C)CC)c1. The van der Waals surface area contributed by atoms with Crippen LogP contribution in [0.4, 0.5) is 8.78 Å². The molecule has 0 heterocycles. The Morgan fingerprint density at radius 1 is 1.12 bits per heavy atom. The highest BCUT2D eigenvalue weighted by atomic mass is 19.3. The molecule has 0 aromatic heterocycles. The fraction of sp³-hybridized carbons (Fsp3) is 0.636. The molecule has 0 saturated heterocycles. The monoisotopic (exact) mass is 368 g/mol. The molecular weight excluding hydrogens is 334 g/mol. The molecule has 0 unspecified atom stereocenters. The highest BCUT2D eigenvalue weighted by Gasteiger charge is 2.29. The van der Waals surface area contributed by atoms with Gasteiger partial charge >= 0.3 is 0 Å². The Kier molecular flexibility index (Phi) is 7.82. The lowest BCUT2D eigenvalue weighted by Gasteiger charge is -2.32. The summed E-state index contributed by atoms with van der Waals surface area (Å²) in [7, 11) is 0. The summed E-state index contributed by atoms with van der Waals surface area (Å²) in [5.41, 5.74) is 3.45. The summed E-state index contributed by atoms with van der Waals surface area (Å²) in [6.45, 7) is 13.9. The van der Waals surface area contributed by atoms with Crippen molar-refractivity contribution in [3.63, 3.8) is 0 Å². The number of allylic oxidation sites excluding steroid dienone is 1. The van der Waals surface area contributed by atoms with Gasteiger partial charge in [-0.2, -0.15) is 0 Å². The van der Waals surface area contributed by atoms with Gasteiger partial charge in [0.2, 0.25) is 0 Å². The van der Waals surface area contributed by atoms with E-state index in [0.717, 1.165) is 35.1 Å². The first-order chi connectivity index (χ1) is 12.0. The Balaban J connectivity index is 3.78. The highest BCUT2D eigenvalue weighted by molar-refractivity contribution is 5.72. The van der Waals surface area contributed by atoms with Gasteiger partial charge in [-0.3, -0.25) is 0 Å². The number of aliphatic hydroxyl groups excluding tert-OH is 1. The van der Waals surface area contributed by atoms with Crippen LogP contribution < -0.4 is 4.74 Å². The van der Waals surface area contributed by atoms with Crippen LogP contribution in [0, 0.1) is 0 Å². The summed E-state index contributed by atoms with van der Waals surface area (Å²) in [4.78, 5) is 0. The van der Waals surface area contributed by atoms with Gasteiger partial charge in [0.25, 0.3) is 6.43 Å². The molecule has 0 atom stereocenters. The van der Waals surface area contributed by atoms with E-state index in [9.17, 15) is 13.9 Å². The van der Waals surface area contributed by atoms with Crippen molar-refractivity contribution in [2.45, 2.75) is 78.6 Å². The molecule has 1 N–H and O–H groups in total. The second-order valence-electron chi connectivity index (χ2n) is 8.15. The average molecular weight is 369 g/mol. The first-order valence-electron chi connectivity index (χ1n) is 9.38. The Morgan fingerprint density at radius 2 is 1.69 bits per heavy atom. The molecule has 1 aromatic rings. The second kappa shape index (κ2) is 8.98. The summed E-state index contributed by atoms with van der Waals surface area (Å²) in [5, 5.41) is 9.32. The Morgan fingerprint density at radius 3 is 2.15 bits per heavy atom. The van der Waals surface area contributed by atoms with E-state index < -0.39 is 13.0 Å². The van der Waals surface area contributed by atoms with E-state index >= 15 is 0 Å². The van der Waals surface area contributed by atoms with Crippen molar-refractivity contribution in [1.82, 2.24) is 0 Å². The molecule has 1 rings (SSSR count). The quantitative estimate of drug-likeness (QED) is 0.570. The lowest BCUT2D eigenvalue weighted by Crippen LogP contribution is -2.23. The zero-order valence-electron chi connectivity index (χ0n) is 17.2. The van der Waals surface area contributed by atoms with Crippen molar-refractivity contribution in [1.29, 1.82) is 0 Å². The summed E-state index contributed by atoms with van der Waals surface area (Å²) < 4.78 is 31.3. The molecule has 0 aliphatic rings. The van der Waals surface area contributed by atoms with E-state index in [1.807, 2.05) is 13.0 Å². The predicted molar refractivity (Wildman–Crippen MR) is 105 cm³/mol. The normalized spacial score (nSPS) is 13.4. The lowest BCUT2D eigenvalue weighted by molar-refractivity contribution is 0.0806. The third kappa shape index (κ3) is 5.29. The standard InChI is InChI=1S/C22H34F2O2/c1-8-21(4,5)16-12-17(15(3)10-11-25)20(26-14-19(23)24)18(13-16)22(6,7)9-2/h10,12-13,19,25H,8-9,11,14H2,1-7H3/b15-10-. The summed E-state index contributed by atoms with van der Waals surface area (Å²) in [6.07, 6.45) is 0.972. The molecule has 0 radical (unpaired) electrons. The van der Waals surface area contributed by atoms with Crippen LogP contribution >= 0.6 is 0 Å². The van der Waals surface area contributed by atoms with Gasteiger partial charge in [-0.25, -0.2) is 8.78 Å². The topological polar surface area (TPSA) is 29.5 Å². The minimum absolute atomic E-state index is 0.0476. The Labute approximate surface area is 157 Å². The van der Waals surface area contributed by atoms with Gasteiger partial charge < -0.3 is 9.84 Å². The van der Waals surface area contributed by atoms with E-state index in [4.69, 9.17) is 4.74 Å². The molecule has 0 bridgehead atoms. The molecule has 2 nitrogen and oxygen atoms in total. The second-order valence-corrected chi connectivity index (χ2v) is 8.15. The Bertz CT molecular complexity index is 631. The third-order valence-corrected chi connectivity index (χ3v) is 5.54. The summed E-state index contributed by atoms with van der Waals surface area (Å²) in [5.74, 6) is 0.509. The fourth-order valence-corrected chi connectivity index (χ4v) is 2.76. The number of hydrogen-bond donors (Lipinski definition) is 1. The van der Waals surface area contributed by atoms with Gasteiger partial charge in [-0.1, -0.05) is 53.7 Å². The van der Waals surface area contributed by atoms with Crippen LogP contribution in [0.25, 0.3) is 5.57 Å². The average Bonchev–Trinajstić information content (AvgIpc) is 2.59. The van der Waals surface area contributed by atoms with Crippen LogP contribution in [-0.4, -0.2) is 24.7 Å². The summed E-state index contributed by atoms with van der Waals surface area (Å²) in [6, 6.07) is 4.14. The maximum Gasteiger partial charge on any atom is 0.272 e. The molecular formula is C22H34F2O2. The number of hydrogen-bond acceptors (Lipinski definition) is 2. The molecule has 0 amide bonds. The number of benzene rings is 1. The molecule has 0 fully saturated rings. The molecule has 26 heavy (non-hydrogen) atoms. The Hall–Kier alpha value is -1.42. The van der Waals surface area contributed by atoms with Crippen molar-refractivity contribution in [3.8, 4) is 5.75 Å². The predicted octanol–water partition coefficient (Wildman–Crippen LogP) is 6.10. The van der Waals surface area contributed by atoms with Crippen molar-refractivity contribution in [2.24, 2.45) is 0 Å². The van der Waals surface area contributed by atoms with Crippen molar-refractivity contribution < 1.29 is 18.6 Å². The smallest absolute Gasteiger partial charge is 0.272 e. The van der Waals surface area contributed by atoms with E-state index in [0.29, 0.717) is 5.75 Å². The van der Waals surface area contributed by atoms with Crippen molar-refractivity contribution in [2.75, 3.05) is 13.2 Å². The molecule has 0 aliphatic carbocycles. The van der Waals surface area contributed by atoms with Crippen LogP contribution in [-0.2, 0) is 10.8 Å². The molecule has 148 valence electrons. The molecule has 4 heteroatoms. The molecule has 0 saturated carbocycles. The van der Waals surface area contributed by atoms with Gasteiger partial charge in [0.15, 0.2) is 0 Å². The minimum atomic E-state index is -2.53. The van der Waals surface area contributed by atoms with E-state index in [2.05, 4.69) is 47.6 Å². The van der Waals surface area contributed by atoms with Gasteiger partial charge in [-0.05, 0) is 47.8 Å². The van der Waals surface area contributed by atoms with Crippen LogP contribution in [0.2, 0.25) is 0 Å². The van der Waals surface area contributed by atoms with Crippen LogP contribution in [0.1, 0.15) is 78.0 Å². The van der Waals surface area contributed by atoms with E-state index in [-0.39, 0.29) is 17.4 Å². The molecule has 1 aromatic carbocycles. The van der Waals surface area contributed by atoms with Crippen molar-refractivity contribution in [3.05, 3.63) is 34.9 Å². The van der Waals surface area contributed by atoms with E-state index in [1.54, 1.807) is 6.08 Å². The number of aliphatic hydroxyl groups is 1. The number of rotatable bonds is 9. The first-order valence-corrected chi connectivity index (χ1v) is 9.38. The fourth-order valence-electron chi connectivity index (χ4n) is 2.76. The van der Waals surface area contributed by atoms with Crippen molar-refractivity contribution >= 4 is 5.57 Å². The first kappa shape index (κ1) is 22.6. The summed E-state index contributed by atoms with van der Waals surface area (Å²) >= 11 is 0. The van der Waals surface area contributed by atoms with Crippen LogP contribution in [0.15, 0.2) is 18.2 Å². The maximum atomic E-state index is 12.9. The van der Waals surface area contributed by atoms with Gasteiger partial charge in [0.05, 0.1) is 6.61 Å². The number of halogens is 2. The maximum absolute atomic E-state index is 12.9. The van der Waals surface area contributed by atoms with Gasteiger partial charge in [-0.15, -0.1) is 0 Å². The third-order valence-electron chi connectivity index (χ3n) is 5.54. The molecule has 0 aliphatic heterocycles. The molecule has 0 spiro atoms. The zero-order chi connectivity index (χ0) is 20.1. The minimum Gasteiger partial charge on any atom is -0.487 e. The lowest BCUT2D eigenvalue weighted by atomic mass is 9.74. The van der Waals surface area contributed by atoms with Crippen LogP contribution in [0.3, 0.4) is 0 Å². The largest absolute Gasteiger partial charge is 0.487 e. The van der Waals surface area contributed by atoms with Gasteiger partial charge in [0, 0.05) is 11.1 Å². The number of ether oxygens (including phenoxy) is 1. The zero-order valence-corrected chi connectivity index (χ0v) is 17.2. The van der Waals surface area contributed by atoms with Gasteiger partial charge in [0.1, 0.15) is 12.4 Å². The highest BCUT2D eigenvalue weighted by Crippen LogP contribution is 2.43.